The summed E-state index contributed by atoms with van der Waals surface area (Å²) in [5, 5.41) is 7.46. The molecule has 1 N–H and O–H groups in total. The molecule has 0 aliphatic heterocycles. The maximum absolute atomic E-state index is 13.2. The second-order valence-electron chi connectivity index (χ2n) is 2.55. The van der Waals surface area contributed by atoms with Crippen LogP contribution in [0.1, 0.15) is 0 Å². The van der Waals surface area contributed by atoms with Crippen molar-refractivity contribution in [2.45, 2.75) is 0 Å². The van der Waals surface area contributed by atoms with Gasteiger partial charge in [0.25, 0.3) is 0 Å². The standard InChI is InChI=1S/C8H7FN2S/c1-11-7-5(9)3-2-4-6(7)12-8(11)10/h2-4,10H,1H3. The van der Waals surface area contributed by atoms with Crippen LogP contribution in [0, 0.1) is 11.2 Å². The summed E-state index contributed by atoms with van der Waals surface area (Å²) in [6.45, 7) is 0. The predicted octanol–water partition coefficient (Wildman–Crippen LogP) is 1.86. The Kier molecular flexibility index (Phi) is 1.51. The van der Waals surface area contributed by atoms with E-state index >= 15 is 0 Å². The van der Waals surface area contributed by atoms with Crippen molar-refractivity contribution in [3.8, 4) is 0 Å². The van der Waals surface area contributed by atoms with Crippen LogP contribution in [0.2, 0.25) is 0 Å². The number of halogens is 1. The third kappa shape index (κ3) is 0.881. The van der Waals surface area contributed by atoms with Gasteiger partial charge in [-0.25, -0.2) is 4.39 Å². The Labute approximate surface area is 72.4 Å². The van der Waals surface area contributed by atoms with Gasteiger partial charge < -0.3 is 4.57 Å². The number of benzene rings is 1. The lowest BCUT2D eigenvalue weighted by molar-refractivity contribution is 0.630. The molecule has 0 saturated heterocycles. The second kappa shape index (κ2) is 2.42. The minimum absolute atomic E-state index is 0.259. The fourth-order valence-corrected chi connectivity index (χ4v) is 2.09. The number of rotatable bonds is 0. The molecule has 2 aromatic rings. The number of hydrogen-bond donors (Lipinski definition) is 1. The average molecular weight is 182 g/mol. The van der Waals surface area contributed by atoms with Crippen LogP contribution < -0.4 is 4.80 Å². The molecule has 1 aromatic heterocycles. The van der Waals surface area contributed by atoms with E-state index in [0.29, 0.717) is 10.3 Å². The zero-order chi connectivity index (χ0) is 8.72. The first kappa shape index (κ1) is 7.49. The van der Waals surface area contributed by atoms with Gasteiger partial charge in [0.2, 0.25) is 0 Å². The van der Waals surface area contributed by atoms with Crippen molar-refractivity contribution in [3.05, 3.63) is 28.8 Å². The molecule has 1 heterocycles. The molecule has 2 rings (SSSR count). The zero-order valence-electron chi connectivity index (χ0n) is 6.47. The van der Waals surface area contributed by atoms with Crippen LogP contribution in [-0.2, 0) is 7.05 Å². The summed E-state index contributed by atoms with van der Waals surface area (Å²) in [7, 11) is 1.70. The molecular weight excluding hydrogens is 175 g/mol. The molecule has 0 aliphatic carbocycles. The fraction of sp³-hybridized carbons (Fsp3) is 0.125. The second-order valence-corrected chi connectivity index (χ2v) is 3.58. The first-order valence-corrected chi connectivity index (χ1v) is 4.30. The Hall–Kier alpha value is -1.16. The first-order chi connectivity index (χ1) is 5.70. The van der Waals surface area contributed by atoms with Gasteiger partial charge in [-0.3, -0.25) is 5.41 Å². The van der Waals surface area contributed by atoms with Crippen LogP contribution in [0.3, 0.4) is 0 Å². The minimum atomic E-state index is -0.259. The summed E-state index contributed by atoms with van der Waals surface area (Å²) in [4.78, 5) is 0.370. The summed E-state index contributed by atoms with van der Waals surface area (Å²) < 4.78 is 15.5. The summed E-state index contributed by atoms with van der Waals surface area (Å²) in [6.07, 6.45) is 0. The van der Waals surface area contributed by atoms with E-state index in [4.69, 9.17) is 5.41 Å². The normalized spacial score (nSPS) is 10.8. The number of aryl methyl sites for hydroxylation is 1. The van der Waals surface area contributed by atoms with E-state index in [0.717, 1.165) is 4.70 Å². The van der Waals surface area contributed by atoms with E-state index in [1.165, 1.54) is 17.4 Å². The van der Waals surface area contributed by atoms with Crippen molar-refractivity contribution < 1.29 is 4.39 Å². The highest BCUT2D eigenvalue weighted by Crippen LogP contribution is 2.18. The highest BCUT2D eigenvalue weighted by molar-refractivity contribution is 7.16. The molecule has 0 bridgehead atoms. The number of nitrogens with one attached hydrogen (secondary N) is 1. The minimum Gasteiger partial charge on any atom is -0.318 e. The lowest BCUT2D eigenvalue weighted by Crippen LogP contribution is -2.07. The van der Waals surface area contributed by atoms with Crippen molar-refractivity contribution in [3.63, 3.8) is 0 Å². The lowest BCUT2D eigenvalue weighted by Gasteiger charge is -1.94. The molecule has 0 atom stereocenters. The molecule has 0 amide bonds. The molecule has 12 heavy (non-hydrogen) atoms. The summed E-state index contributed by atoms with van der Waals surface area (Å²) >= 11 is 1.28. The van der Waals surface area contributed by atoms with Crippen LogP contribution in [0.5, 0.6) is 0 Å². The highest BCUT2D eigenvalue weighted by atomic mass is 32.1. The van der Waals surface area contributed by atoms with Gasteiger partial charge in [0.05, 0.1) is 10.2 Å². The van der Waals surface area contributed by atoms with E-state index in [1.54, 1.807) is 17.7 Å². The lowest BCUT2D eigenvalue weighted by atomic mass is 10.3. The Morgan fingerprint density at radius 1 is 1.50 bits per heavy atom. The first-order valence-electron chi connectivity index (χ1n) is 3.49. The van der Waals surface area contributed by atoms with Gasteiger partial charge in [-0.2, -0.15) is 0 Å². The van der Waals surface area contributed by atoms with Gasteiger partial charge in [0.15, 0.2) is 4.80 Å². The van der Waals surface area contributed by atoms with E-state index in [1.807, 2.05) is 6.07 Å². The quantitative estimate of drug-likeness (QED) is 0.644. The van der Waals surface area contributed by atoms with Gasteiger partial charge in [-0.15, -0.1) is 0 Å². The van der Waals surface area contributed by atoms with E-state index in [-0.39, 0.29) is 5.82 Å². The van der Waals surface area contributed by atoms with Gasteiger partial charge in [-0.1, -0.05) is 17.4 Å². The molecule has 0 unspecified atom stereocenters. The van der Waals surface area contributed by atoms with Crippen molar-refractivity contribution in [2.75, 3.05) is 0 Å². The van der Waals surface area contributed by atoms with Crippen molar-refractivity contribution in [2.24, 2.45) is 7.05 Å². The molecule has 2 nitrogen and oxygen atoms in total. The molecule has 0 saturated carbocycles. The number of nitrogens with zero attached hydrogens (tertiary/aromatic N) is 1. The Bertz CT molecular complexity index is 483. The van der Waals surface area contributed by atoms with Gasteiger partial charge in [0.1, 0.15) is 5.82 Å². The summed E-state index contributed by atoms with van der Waals surface area (Å²) in [5.41, 5.74) is 0.521. The third-order valence-corrected chi connectivity index (χ3v) is 2.81. The molecule has 0 spiro atoms. The smallest absolute Gasteiger partial charge is 0.182 e. The third-order valence-electron chi connectivity index (χ3n) is 1.80. The van der Waals surface area contributed by atoms with Crippen molar-refractivity contribution in [1.29, 1.82) is 5.41 Å². The number of para-hydroxylation sites is 1. The maximum atomic E-state index is 13.2. The van der Waals surface area contributed by atoms with Crippen LogP contribution in [-0.4, -0.2) is 4.57 Å². The molecule has 1 aromatic carbocycles. The number of aromatic nitrogens is 1. The molecule has 62 valence electrons. The van der Waals surface area contributed by atoms with E-state index < -0.39 is 0 Å². The monoisotopic (exact) mass is 182 g/mol. The van der Waals surface area contributed by atoms with Gasteiger partial charge in [0, 0.05) is 7.05 Å². The summed E-state index contributed by atoms with van der Waals surface area (Å²) in [6, 6.07) is 4.89. The topological polar surface area (TPSA) is 28.8 Å². The molecule has 0 fully saturated rings. The number of hydrogen-bond acceptors (Lipinski definition) is 2. The van der Waals surface area contributed by atoms with Gasteiger partial charge in [-0.05, 0) is 12.1 Å². The van der Waals surface area contributed by atoms with Crippen LogP contribution in [0.4, 0.5) is 4.39 Å². The Balaban J connectivity index is 3.07. The molecule has 0 aliphatic rings. The maximum Gasteiger partial charge on any atom is 0.182 e. The van der Waals surface area contributed by atoms with E-state index in [2.05, 4.69) is 0 Å². The largest absolute Gasteiger partial charge is 0.318 e. The van der Waals surface area contributed by atoms with Crippen LogP contribution >= 0.6 is 11.3 Å². The Morgan fingerprint density at radius 3 is 2.92 bits per heavy atom. The Morgan fingerprint density at radius 2 is 2.25 bits per heavy atom. The van der Waals surface area contributed by atoms with Crippen molar-refractivity contribution >= 4 is 21.6 Å². The average Bonchev–Trinajstić information content (AvgIpc) is 2.29. The van der Waals surface area contributed by atoms with Crippen molar-refractivity contribution in [1.82, 2.24) is 4.57 Å². The van der Waals surface area contributed by atoms with Gasteiger partial charge >= 0.3 is 0 Å². The summed E-state index contributed by atoms with van der Waals surface area (Å²) in [5.74, 6) is -0.259. The SMILES string of the molecule is Cn1c(=N)sc2cccc(F)c21. The van der Waals surface area contributed by atoms with E-state index in [9.17, 15) is 4.39 Å². The number of fused-ring (bicyclic) bond motifs is 1. The predicted molar refractivity (Wildman–Crippen MR) is 46.6 cm³/mol. The molecule has 0 radical (unpaired) electrons. The number of thiazole rings is 1. The highest BCUT2D eigenvalue weighted by Gasteiger charge is 2.05. The van der Waals surface area contributed by atoms with Crippen LogP contribution in [0.25, 0.3) is 10.2 Å². The molecule has 4 heteroatoms. The van der Waals surface area contributed by atoms with Crippen LogP contribution in [0.15, 0.2) is 18.2 Å². The zero-order valence-corrected chi connectivity index (χ0v) is 7.28. The fourth-order valence-electron chi connectivity index (χ4n) is 1.18. The molecular formula is C8H7FN2S.